The number of hydrogen-bond donors (Lipinski definition) is 7. The third kappa shape index (κ3) is 31.4. The lowest BCUT2D eigenvalue weighted by atomic mass is 9.85. The first-order chi connectivity index (χ1) is 31.8. The third-order valence-corrected chi connectivity index (χ3v) is 11.2. The van der Waals surface area contributed by atoms with Gasteiger partial charge in [-0.1, -0.05) is 142 Å². The van der Waals surface area contributed by atoms with Gasteiger partial charge >= 0.3 is 19.8 Å². The molecule has 14 nitrogen and oxygen atoms in total. The molecule has 1 aliphatic rings. The summed E-state index contributed by atoms with van der Waals surface area (Å²) in [5.41, 5.74) is 0. The fraction of sp³-hybridized carbons (Fsp3) is 0.608. The van der Waals surface area contributed by atoms with Crippen LogP contribution in [0.2, 0.25) is 0 Å². The molecular formula is C51H81O14P. The number of ether oxygens (including phenoxy) is 2. The molecule has 0 amide bonds. The van der Waals surface area contributed by atoms with Gasteiger partial charge in [-0.05, 0) is 89.9 Å². The summed E-state index contributed by atoms with van der Waals surface area (Å²) in [5.74, 6) is -1.26. The Kier molecular flexibility index (Phi) is 36.2. The molecule has 0 aromatic carbocycles. The summed E-state index contributed by atoms with van der Waals surface area (Å²) >= 11 is 0. The average Bonchev–Trinajstić information content (AvgIpc) is 3.29. The van der Waals surface area contributed by atoms with Crippen LogP contribution in [0.1, 0.15) is 136 Å². The molecule has 1 saturated carbocycles. The van der Waals surface area contributed by atoms with E-state index in [1.165, 1.54) is 19.3 Å². The molecule has 0 spiro atoms. The van der Waals surface area contributed by atoms with Crippen molar-refractivity contribution >= 4 is 19.8 Å². The van der Waals surface area contributed by atoms with E-state index in [2.05, 4.69) is 74.6 Å². The number of carbonyl (C=O) groups is 2. The van der Waals surface area contributed by atoms with Gasteiger partial charge in [0, 0.05) is 12.8 Å². The van der Waals surface area contributed by atoms with Gasteiger partial charge in [0.15, 0.2) is 6.10 Å². The zero-order chi connectivity index (χ0) is 48.7. The van der Waals surface area contributed by atoms with E-state index in [1.807, 2.05) is 36.5 Å². The monoisotopic (exact) mass is 949 g/mol. The summed E-state index contributed by atoms with van der Waals surface area (Å²) in [6.45, 7) is 2.99. The van der Waals surface area contributed by atoms with Gasteiger partial charge in [-0.15, -0.1) is 0 Å². The fourth-order valence-electron chi connectivity index (χ4n) is 6.33. The molecule has 15 heteroatoms. The summed E-state index contributed by atoms with van der Waals surface area (Å²) in [5, 5.41) is 60.2. The molecule has 1 aliphatic carbocycles. The maximum atomic E-state index is 12.8. The maximum Gasteiger partial charge on any atom is 0.472 e. The number of unbranched alkanes of at least 4 members (excludes halogenated alkanes) is 7. The molecule has 7 N–H and O–H groups in total. The minimum absolute atomic E-state index is 0.0279. The van der Waals surface area contributed by atoms with Crippen LogP contribution in [0.4, 0.5) is 0 Å². The Bertz CT molecular complexity index is 1580. The molecule has 66 heavy (non-hydrogen) atoms. The highest BCUT2D eigenvalue weighted by atomic mass is 31.2. The maximum absolute atomic E-state index is 12.8. The molecular weight excluding hydrogens is 868 g/mol. The van der Waals surface area contributed by atoms with Crippen molar-refractivity contribution in [1.82, 2.24) is 0 Å². The summed E-state index contributed by atoms with van der Waals surface area (Å²) in [4.78, 5) is 35.7. The van der Waals surface area contributed by atoms with Gasteiger partial charge in [0.05, 0.1) is 12.7 Å². The topological polar surface area (TPSA) is 230 Å². The second-order valence-corrected chi connectivity index (χ2v) is 17.5. The van der Waals surface area contributed by atoms with Crippen LogP contribution in [0.25, 0.3) is 0 Å². The number of aliphatic hydroxyl groups excluding tert-OH is 6. The Hall–Kier alpha value is -3.53. The van der Waals surface area contributed by atoms with Crippen LogP contribution in [0.5, 0.6) is 0 Å². The molecule has 0 aromatic heterocycles. The van der Waals surface area contributed by atoms with E-state index in [4.69, 9.17) is 18.5 Å². The van der Waals surface area contributed by atoms with E-state index in [-0.39, 0.29) is 12.8 Å². The lowest BCUT2D eigenvalue weighted by molar-refractivity contribution is -0.220. The number of esters is 2. The van der Waals surface area contributed by atoms with Crippen LogP contribution in [-0.2, 0) is 32.7 Å². The van der Waals surface area contributed by atoms with Gasteiger partial charge in [-0.2, -0.15) is 0 Å². The van der Waals surface area contributed by atoms with E-state index < -0.39 is 81.8 Å². The van der Waals surface area contributed by atoms with Gasteiger partial charge in [0.2, 0.25) is 0 Å². The van der Waals surface area contributed by atoms with Gasteiger partial charge in [0.25, 0.3) is 0 Å². The second kappa shape index (κ2) is 39.5. The fourth-order valence-corrected chi connectivity index (χ4v) is 7.30. The normalized spacial score (nSPS) is 22.7. The predicted molar refractivity (Wildman–Crippen MR) is 259 cm³/mol. The van der Waals surface area contributed by atoms with Gasteiger partial charge in [-0.3, -0.25) is 18.6 Å². The number of allylic oxidation sites excluding steroid dienone is 16. The number of rotatable bonds is 37. The van der Waals surface area contributed by atoms with Crippen molar-refractivity contribution in [2.24, 2.45) is 0 Å². The summed E-state index contributed by atoms with van der Waals surface area (Å²) < 4.78 is 33.4. The molecule has 9 atom stereocenters. The van der Waals surface area contributed by atoms with Crippen molar-refractivity contribution < 1.29 is 68.2 Å². The smallest absolute Gasteiger partial charge is 0.462 e. The zero-order valence-electron chi connectivity index (χ0n) is 39.3. The number of phosphoric ester groups is 1. The largest absolute Gasteiger partial charge is 0.472 e. The molecule has 374 valence electrons. The van der Waals surface area contributed by atoms with Crippen LogP contribution in [0.15, 0.2) is 109 Å². The van der Waals surface area contributed by atoms with Crippen LogP contribution in [0.3, 0.4) is 0 Å². The van der Waals surface area contributed by atoms with E-state index in [9.17, 15) is 49.7 Å². The average molecular weight is 949 g/mol. The number of aliphatic hydroxyl groups is 6. The number of carbonyl (C=O) groups excluding carboxylic acids is 2. The predicted octanol–water partition coefficient (Wildman–Crippen LogP) is 8.58. The molecule has 0 aromatic rings. The highest BCUT2D eigenvalue weighted by molar-refractivity contribution is 7.47. The van der Waals surface area contributed by atoms with E-state index >= 15 is 0 Å². The Labute approximate surface area is 394 Å². The molecule has 0 saturated heterocycles. The van der Waals surface area contributed by atoms with Crippen molar-refractivity contribution in [3.8, 4) is 0 Å². The molecule has 4 unspecified atom stereocenters. The summed E-state index contributed by atoms with van der Waals surface area (Å²) in [6, 6.07) is 0. The van der Waals surface area contributed by atoms with Crippen LogP contribution in [0, 0.1) is 0 Å². The Morgan fingerprint density at radius 1 is 0.561 bits per heavy atom. The van der Waals surface area contributed by atoms with Crippen molar-refractivity contribution in [3.63, 3.8) is 0 Å². The highest BCUT2D eigenvalue weighted by Crippen LogP contribution is 2.47. The van der Waals surface area contributed by atoms with Gasteiger partial charge < -0.3 is 45.0 Å². The minimum Gasteiger partial charge on any atom is -0.462 e. The Morgan fingerprint density at radius 3 is 1.65 bits per heavy atom. The molecule has 0 aliphatic heterocycles. The van der Waals surface area contributed by atoms with Crippen molar-refractivity contribution in [3.05, 3.63) is 109 Å². The molecule has 1 fully saturated rings. The van der Waals surface area contributed by atoms with Crippen LogP contribution in [-0.4, -0.2) is 110 Å². The minimum atomic E-state index is -5.17. The summed E-state index contributed by atoms with van der Waals surface area (Å²) in [6.07, 6.45) is 37.4. The number of hydrogen-bond acceptors (Lipinski definition) is 13. The standard InChI is InChI=1S/C51H81O14P/c1-3-5-7-9-11-12-13-14-15-16-17-18-19-20-21-22-26-30-34-38-44(53)62-40-43(41-63-66(60,61)65-51-49(58)47(56)46(55)48(57)50(51)59)64-45(54)39-35-31-27-24-23-25-29-33-37-42(52)36-32-28-10-8-6-4-2/h6,8,11-12,14-15,17-18,20-21,24-25,27-29,32-33,37,42-43,46-52,55-59H,3-5,7,9-10,13,16,19,22-23,26,30-31,34-36,38-41H2,1-2H3,(H,60,61)/b8-6-,12-11-,15-14-,18-17-,21-20-,27-24-,29-25-,32-28-,37-33+/t42?,43-,46?,47-,48+,49-,50-,51?/m1/s1. The molecule has 1 rings (SSSR count). The van der Waals surface area contributed by atoms with Crippen molar-refractivity contribution in [2.45, 2.75) is 185 Å². The molecule has 0 radical (unpaired) electrons. The molecule has 0 bridgehead atoms. The third-order valence-electron chi connectivity index (χ3n) is 10.2. The Morgan fingerprint density at radius 2 is 1.06 bits per heavy atom. The molecule has 0 heterocycles. The van der Waals surface area contributed by atoms with E-state index in [0.717, 1.165) is 57.8 Å². The van der Waals surface area contributed by atoms with E-state index in [1.54, 1.807) is 12.2 Å². The van der Waals surface area contributed by atoms with Crippen molar-refractivity contribution in [1.29, 1.82) is 0 Å². The van der Waals surface area contributed by atoms with Crippen LogP contribution >= 0.6 is 7.82 Å². The first-order valence-electron chi connectivity index (χ1n) is 23.8. The van der Waals surface area contributed by atoms with Gasteiger partial charge in [-0.25, -0.2) is 4.57 Å². The van der Waals surface area contributed by atoms with Gasteiger partial charge in [0.1, 0.15) is 43.2 Å². The Balaban J connectivity index is 2.55. The SMILES string of the molecule is CC/C=C\C/C=C\CC(O)/C=C/C=C\C/C=C\CCCC(=O)O[C@H](COC(=O)CCCCC/C=C\C/C=C\C/C=C\C/C=C\CCCCC)COP(=O)(O)OC1[C@H](O)[C@H](O)C(O)[C@H](O)[C@H]1O. The zero-order valence-corrected chi connectivity index (χ0v) is 40.2. The first-order valence-corrected chi connectivity index (χ1v) is 25.3. The number of phosphoric acid groups is 1. The van der Waals surface area contributed by atoms with Crippen molar-refractivity contribution in [2.75, 3.05) is 13.2 Å². The lowest BCUT2D eigenvalue weighted by Crippen LogP contribution is -2.64. The highest BCUT2D eigenvalue weighted by Gasteiger charge is 2.51. The first kappa shape index (κ1) is 60.5. The quantitative estimate of drug-likeness (QED) is 0.0102. The summed E-state index contributed by atoms with van der Waals surface area (Å²) in [7, 11) is -5.17. The van der Waals surface area contributed by atoms with E-state index in [0.29, 0.717) is 32.1 Å². The second-order valence-electron chi connectivity index (χ2n) is 16.1. The lowest BCUT2D eigenvalue weighted by Gasteiger charge is -2.41. The van der Waals surface area contributed by atoms with Crippen LogP contribution < -0.4 is 0 Å².